The largest absolute Gasteiger partial charge is 1.00 e. The van der Waals surface area contributed by atoms with Gasteiger partial charge >= 0.3 is 0 Å². The van der Waals surface area contributed by atoms with E-state index >= 15 is 0 Å². The lowest BCUT2D eigenvalue weighted by molar-refractivity contribution is -0.00000917. The Hall–Kier alpha value is -0.420. The molecule has 72 valence electrons. The van der Waals surface area contributed by atoms with Crippen LogP contribution < -0.4 is 28.5 Å². The third-order valence-corrected chi connectivity index (χ3v) is 1.78. The molecular weight excluding hydrogens is 277 g/mol. The van der Waals surface area contributed by atoms with Crippen molar-refractivity contribution in [3.8, 4) is 0 Å². The number of quaternary nitrogens is 1. The molecule has 0 unspecified atom stereocenters. The summed E-state index contributed by atoms with van der Waals surface area (Å²) in [5, 5.41) is 0. The molecule has 0 atom stereocenters. The molecule has 0 saturated carbocycles. The van der Waals surface area contributed by atoms with Crippen LogP contribution >= 0.6 is 0 Å². The average molecular weight is 291 g/mol. The fraction of sp³-hybridized carbons (Fsp3) is 0.300. The second-order valence-electron chi connectivity index (χ2n) is 3.73. The minimum Gasteiger partial charge on any atom is -1.00 e. The molecule has 13 heavy (non-hydrogen) atoms. The molecule has 0 aliphatic carbocycles. The number of hydrogen-bond donors (Lipinski definition) is 0. The summed E-state index contributed by atoms with van der Waals surface area (Å²) in [6.07, 6.45) is 0.874. The molecule has 1 aromatic rings. The second-order valence-corrected chi connectivity index (χ2v) is 3.73. The fourth-order valence-corrected chi connectivity index (χ4v) is 1.02. The number of halogens is 1. The van der Waals surface area contributed by atoms with E-state index in [0.717, 1.165) is 22.0 Å². The van der Waals surface area contributed by atoms with Crippen LogP contribution in [0.25, 0.3) is 0 Å². The molecule has 0 spiro atoms. The van der Waals surface area contributed by atoms with E-state index in [1.807, 2.05) is 24.3 Å². The summed E-state index contributed by atoms with van der Waals surface area (Å²) in [6.45, 7) is 0. The third-order valence-electron chi connectivity index (χ3n) is 1.78. The first-order valence-corrected chi connectivity index (χ1v) is 3.91. The summed E-state index contributed by atoms with van der Waals surface area (Å²) in [4.78, 5) is 10.5. The standard InChI is InChI=1S/C10H14NO.HI/c1-11(2,3)10-6-4-5-9(7-10)8-12;/h4-8H,1-3H3;1H/q+1;/p-1. The molecule has 0 N–H and O–H groups in total. The number of aldehydes is 1. The van der Waals surface area contributed by atoms with Gasteiger partial charge in [-0.05, 0) is 6.07 Å². The highest BCUT2D eigenvalue weighted by Gasteiger charge is 2.11. The maximum Gasteiger partial charge on any atom is 0.150 e. The molecular formula is C10H14INO. The first-order valence-electron chi connectivity index (χ1n) is 3.91. The summed E-state index contributed by atoms with van der Waals surface area (Å²) in [6, 6.07) is 7.65. The van der Waals surface area contributed by atoms with Crippen LogP contribution in [0.3, 0.4) is 0 Å². The number of carbonyl (C=O) groups excluding carboxylic acids is 1. The van der Waals surface area contributed by atoms with Gasteiger partial charge in [0, 0.05) is 11.6 Å². The predicted molar refractivity (Wildman–Crippen MR) is 51.4 cm³/mol. The van der Waals surface area contributed by atoms with Crippen molar-refractivity contribution in [3.63, 3.8) is 0 Å². The van der Waals surface area contributed by atoms with Gasteiger partial charge in [0.25, 0.3) is 0 Å². The molecule has 0 heterocycles. The zero-order valence-electron chi connectivity index (χ0n) is 8.12. The molecule has 0 amide bonds. The number of hydrogen-bond acceptors (Lipinski definition) is 1. The Morgan fingerprint density at radius 2 is 1.85 bits per heavy atom. The van der Waals surface area contributed by atoms with Gasteiger partial charge in [-0.2, -0.15) is 0 Å². The molecule has 0 aliphatic heterocycles. The van der Waals surface area contributed by atoms with Gasteiger partial charge in [-0.3, -0.25) is 9.28 Å². The Labute approximate surface area is 96.2 Å². The van der Waals surface area contributed by atoms with E-state index in [2.05, 4.69) is 21.1 Å². The van der Waals surface area contributed by atoms with Crippen molar-refractivity contribution >= 4 is 12.0 Å². The monoisotopic (exact) mass is 291 g/mol. The smallest absolute Gasteiger partial charge is 0.150 e. The van der Waals surface area contributed by atoms with Crippen molar-refractivity contribution in [2.24, 2.45) is 0 Å². The SMILES string of the molecule is C[N+](C)(C)c1cccc(C=O)c1.[I-]. The van der Waals surface area contributed by atoms with Crippen LogP contribution in [0.5, 0.6) is 0 Å². The molecule has 2 nitrogen and oxygen atoms in total. The Bertz CT molecular complexity index is 291. The van der Waals surface area contributed by atoms with Crippen LogP contribution in [0.1, 0.15) is 10.4 Å². The van der Waals surface area contributed by atoms with Crippen molar-refractivity contribution < 1.29 is 28.8 Å². The van der Waals surface area contributed by atoms with E-state index in [9.17, 15) is 4.79 Å². The zero-order chi connectivity index (χ0) is 9.19. The molecule has 0 aliphatic rings. The van der Waals surface area contributed by atoms with Crippen molar-refractivity contribution in [2.75, 3.05) is 21.1 Å². The molecule has 0 bridgehead atoms. The van der Waals surface area contributed by atoms with Gasteiger partial charge in [0.1, 0.15) is 12.0 Å². The second kappa shape index (κ2) is 4.72. The van der Waals surface area contributed by atoms with Gasteiger partial charge in [0.15, 0.2) is 0 Å². The number of rotatable bonds is 2. The van der Waals surface area contributed by atoms with E-state index in [4.69, 9.17) is 0 Å². The van der Waals surface area contributed by atoms with Gasteiger partial charge in [-0.15, -0.1) is 0 Å². The summed E-state index contributed by atoms with van der Waals surface area (Å²) in [7, 11) is 6.22. The van der Waals surface area contributed by atoms with E-state index < -0.39 is 0 Å². The summed E-state index contributed by atoms with van der Waals surface area (Å²) in [5.41, 5.74) is 1.88. The summed E-state index contributed by atoms with van der Waals surface area (Å²) < 4.78 is 0.738. The first-order chi connectivity index (χ1) is 5.54. The van der Waals surface area contributed by atoms with Crippen molar-refractivity contribution in [2.45, 2.75) is 0 Å². The van der Waals surface area contributed by atoms with Crippen LogP contribution in [-0.2, 0) is 0 Å². The highest BCUT2D eigenvalue weighted by atomic mass is 127. The van der Waals surface area contributed by atoms with Crippen LogP contribution in [0.15, 0.2) is 24.3 Å². The van der Waals surface area contributed by atoms with E-state index in [-0.39, 0.29) is 24.0 Å². The van der Waals surface area contributed by atoms with E-state index in [0.29, 0.717) is 0 Å². The van der Waals surface area contributed by atoms with E-state index in [1.165, 1.54) is 0 Å². The molecule has 1 rings (SSSR count). The normalized spacial score (nSPS) is 10.4. The number of nitrogens with zero attached hydrogens (tertiary/aromatic N) is 1. The number of benzene rings is 1. The Morgan fingerprint density at radius 1 is 1.23 bits per heavy atom. The Kier molecular flexibility index (Phi) is 4.56. The lowest BCUT2D eigenvalue weighted by atomic mass is 10.2. The van der Waals surface area contributed by atoms with Crippen molar-refractivity contribution in [3.05, 3.63) is 29.8 Å². The van der Waals surface area contributed by atoms with Crippen molar-refractivity contribution in [1.82, 2.24) is 4.48 Å². The molecule has 0 aromatic heterocycles. The maximum absolute atomic E-state index is 10.5. The topological polar surface area (TPSA) is 17.1 Å². The summed E-state index contributed by atoms with van der Waals surface area (Å²) >= 11 is 0. The van der Waals surface area contributed by atoms with Crippen molar-refractivity contribution in [1.29, 1.82) is 0 Å². The van der Waals surface area contributed by atoms with Gasteiger partial charge in [0.2, 0.25) is 0 Å². The lowest BCUT2D eigenvalue weighted by Gasteiger charge is -2.23. The molecule has 1 aromatic carbocycles. The van der Waals surface area contributed by atoms with Crippen LogP contribution in [0.4, 0.5) is 5.69 Å². The highest BCUT2D eigenvalue weighted by Crippen LogP contribution is 2.16. The number of carbonyl (C=O) groups is 1. The van der Waals surface area contributed by atoms with Gasteiger partial charge in [-0.1, -0.05) is 12.1 Å². The average Bonchev–Trinajstić information content (AvgIpc) is 2.03. The fourth-order valence-electron chi connectivity index (χ4n) is 1.02. The maximum atomic E-state index is 10.5. The first kappa shape index (κ1) is 12.6. The molecule has 0 radical (unpaired) electrons. The minimum absolute atomic E-state index is 0. The highest BCUT2D eigenvalue weighted by molar-refractivity contribution is 5.76. The zero-order valence-corrected chi connectivity index (χ0v) is 10.3. The Morgan fingerprint density at radius 3 is 2.31 bits per heavy atom. The van der Waals surface area contributed by atoms with Crippen LogP contribution in [-0.4, -0.2) is 27.4 Å². The minimum atomic E-state index is 0. The quantitative estimate of drug-likeness (QED) is 0.376. The predicted octanol–water partition coefficient (Wildman–Crippen LogP) is -1.30. The van der Waals surface area contributed by atoms with Crippen LogP contribution in [0.2, 0.25) is 0 Å². The Balaban J connectivity index is 0.00000144. The van der Waals surface area contributed by atoms with Gasteiger partial charge in [-0.25, -0.2) is 0 Å². The lowest BCUT2D eigenvalue weighted by Crippen LogP contribution is -3.00. The van der Waals surface area contributed by atoms with Gasteiger partial charge in [0.05, 0.1) is 21.1 Å². The summed E-state index contributed by atoms with van der Waals surface area (Å²) in [5.74, 6) is 0. The molecule has 0 saturated heterocycles. The van der Waals surface area contributed by atoms with Crippen LogP contribution in [0, 0.1) is 0 Å². The third kappa shape index (κ3) is 3.44. The van der Waals surface area contributed by atoms with Gasteiger partial charge < -0.3 is 24.0 Å². The molecule has 0 fully saturated rings. The van der Waals surface area contributed by atoms with E-state index in [1.54, 1.807) is 0 Å². The molecule has 3 heteroatoms.